The van der Waals surface area contributed by atoms with Crippen molar-refractivity contribution in [2.75, 3.05) is 0 Å². The minimum atomic E-state index is -4.10. The van der Waals surface area contributed by atoms with E-state index in [1.165, 1.54) is 11.1 Å². The molecule has 264 valence electrons. The largest absolute Gasteiger partial charge is 1.00 e. The van der Waals surface area contributed by atoms with Crippen LogP contribution in [0.25, 0.3) is 24.3 Å². The molecule has 0 N–H and O–H groups in total. The van der Waals surface area contributed by atoms with Crippen molar-refractivity contribution in [2.24, 2.45) is 0 Å². The summed E-state index contributed by atoms with van der Waals surface area (Å²) in [5.41, 5.74) is 14.0. The van der Waals surface area contributed by atoms with Gasteiger partial charge in [0.05, 0.1) is 0 Å². The number of hydrogen-bond acceptors (Lipinski definition) is 0. The third-order valence-electron chi connectivity index (χ3n) is 12.4. The molecular formula is C44H52Cl2Si4Zr-2. The SMILES string of the molecule is C[SiH](C)C1=Cc2ccccc2[CH]1[Zr]([c]1cccc2c1C=CC2[SiH](C)C)([c]1cccc2c1C=CC2[SiH](C)C)[CH]1C([SiH](C)C)=Cc2ccccc21.[Cl-].[Cl-]. The summed E-state index contributed by atoms with van der Waals surface area (Å²) in [4.78, 5) is 0. The zero-order chi connectivity index (χ0) is 34.2. The van der Waals surface area contributed by atoms with Gasteiger partial charge in [0.25, 0.3) is 0 Å². The molecule has 0 saturated heterocycles. The first kappa shape index (κ1) is 38.9. The second-order valence-electron chi connectivity index (χ2n) is 16.5. The maximum Gasteiger partial charge on any atom is -1.00 e. The van der Waals surface area contributed by atoms with Crippen molar-refractivity contribution in [3.8, 4) is 0 Å². The van der Waals surface area contributed by atoms with E-state index in [2.05, 4.69) is 174 Å². The molecule has 4 atom stereocenters. The Bertz CT molecular complexity index is 1940. The predicted octanol–water partition coefficient (Wildman–Crippen LogP) is 3.40. The molecule has 0 radical (unpaired) electrons. The van der Waals surface area contributed by atoms with E-state index in [4.69, 9.17) is 0 Å². The average Bonchev–Trinajstić information content (AvgIpc) is 3.88. The predicted molar refractivity (Wildman–Crippen MR) is 226 cm³/mol. The maximum absolute atomic E-state index is 4.10. The standard InChI is InChI=1S/4C11H13Si.2ClH.Zr/c2*1-12(2)11-7-9-5-3-4-6-10(9)8-11;2*1-12(2)11-8-7-9-5-3-4-6-10(9)11;;;/h2*3-8,12H,1-2H3;2*3-4,6-8,11-12H,1-2H3;2*1H;/p-2. The van der Waals surface area contributed by atoms with Gasteiger partial charge in [0, 0.05) is 0 Å². The van der Waals surface area contributed by atoms with Gasteiger partial charge in [-0.1, -0.05) is 0 Å². The molecular weight excluding hydrogens is 803 g/mol. The Hall–Kier alpha value is -1.83. The summed E-state index contributed by atoms with van der Waals surface area (Å²) in [5.74, 6) is 0. The van der Waals surface area contributed by atoms with Crippen LogP contribution in [0.2, 0.25) is 52.4 Å². The first-order valence-corrected chi connectivity index (χ1v) is 35.9. The van der Waals surface area contributed by atoms with Crippen LogP contribution in [-0.4, -0.2) is 35.2 Å². The monoisotopic (exact) mass is 852 g/mol. The summed E-state index contributed by atoms with van der Waals surface area (Å²) in [6.07, 6.45) is 15.9. The van der Waals surface area contributed by atoms with E-state index in [0.29, 0.717) is 18.3 Å². The number of halogens is 2. The summed E-state index contributed by atoms with van der Waals surface area (Å²) in [5, 5.41) is 3.63. The molecule has 0 spiro atoms. The van der Waals surface area contributed by atoms with Crippen molar-refractivity contribution in [3.63, 3.8) is 0 Å². The molecule has 0 heterocycles. The van der Waals surface area contributed by atoms with Gasteiger partial charge in [0.15, 0.2) is 0 Å². The van der Waals surface area contributed by atoms with Crippen molar-refractivity contribution in [2.45, 2.75) is 70.7 Å². The third-order valence-corrected chi connectivity index (χ3v) is 35.9. The smallest absolute Gasteiger partial charge is 1.00 e. The van der Waals surface area contributed by atoms with E-state index in [9.17, 15) is 0 Å². The zero-order valence-electron chi connectivity index (χ0n) is 31.4. The minimum Gasteiger partial charge on any atom is -1.00 e. The van der Waals surface area contributed by atoms with Gasteiger partial charge < -0.3 is 24.8 Å². The van der Waals surface area contributed by atoms with Crippen LogP contribution in [0, 0.1) is 0 Å². The molecule has 51 heavy (non-hydrogen) atoms. The van der Waals surface area contributed by atoms with Crippen LogP contribution in [0.5, 0.6) is 0 Å². The van der Waals surface area contributed by atoms with Crippen LogP contribution < -0.4 is 31.4 Å². The van der Waals surface area contributed by atoms with Crippen LogP contribution in [0.3, 0.4) is 0 Å². The van der Waals surface area contributed by atoms with Gasteiger partial charge in [-0.25, -0.2) is 0 Å². The van der Waals surface area contributed by atoms with Gasteiger partial charge in [-0.3, -0.25) is 0 Å². The van der Waals surface area contributed by atoms with Crippen molar-refractivity contribution in [1.82, 2.24) is 0 Å². The van der Waals surface area contributed by atoms with Crippen LogP contribution in [0.4, 0.5) is 0 Å². The number of rotatable bonds is 8. The summed E-state index contributed by atoms with van der Waals surface area (Å²) >= 11 is -4.10. The minimum absolute atomic E-state index is 0. The van der Waals surface area contributed by atoms with E-state index in [1.54, 1.807) is 39.9 Å². The summed E-state index contributed by atoms with van der Waals surface area (Å²) in [7, 11) is -4.29. The third kappa shape index (κ3) is 6.06. The van der Waals surface area contributed by atoms with Gasteiger partial charge in [-0.05, 0) is 0 Å². The fourth-order valence-electron chi connectivity index (χ4n) is 10.3. The van der Waals surface area contributed by atoms with Crippen molar-refractivity contribution in [3.05, 3.63) is 152 Å². The number of benzene rings is 4. The number of allylic oxidation sites excluding steroid dienone is 4. The molecule has 4 aromatic carbocycles. The first-order valence-electron chi connectivity index (χ1n) is 18.9. The Balaban J connectivity index is 0.00000224. The average molecular weight is 855 g/mol. The Morgan fingerprint density at radius 2 is 0.824 bits per heavy atom. The van der Waals surface area contributed by atoms with Gasteiger partial charge in [-0.2, -0.15) is 0 Å². The fraction of sp³-hybridized carbons (Fsp3) is 0.273. The molecule has 7 heteroatoms. The maximum atomic E-state index is 2.70. The topological polar surface area (TPSA) is 0 Å². The molecule has 0 aliphatic heterocycles. The first-order chi connectivity index (χ1) is 23.6. The Morgan fingerprint density at radius 3 is 1.20 bits per heavy atom. The molecule has 4 aliphatic rings. The second-order valence-corrected chi connectivity index (χ2v) is 38.6. The molecule has 4 aromatic rings. The zero-order valence-corrected chi connectivity index (χ0v) is 40.0. The quantitative estimate of drug-likeness (QED) is 0.239. The number of fused-ring (bicyclic) bond motifs is 4. The second kappa shape index (κ2) is 15.1. The summed E-state index contributed by atoms with van der Waals surface area (Å²) in [6, 6.07) is 34.6. The van der Waals surface area contributed by atoms with Gasteiger partial charge >= 0.3 is 309 Å². The van der Waals surface area contributed by atoms with E-state index in [0.717, 1.165) is 0 Å². The van der Waals surface area contributed by atoms with E-state index in [1.807, 2.05) is 10.4 Å². The summed E-state index contributed by atoms with van der Waals surface area (Å²) < 4.78 is 4.51. The van der Waals surface area contributed by atoms with Crippen molar-refractivity contribution < 1.29 is 45.1 Å². The Morgan fingerprint density at radius 1 is 0.451 bits per heavy atom. The van der Waals surface area contributed by atoms with Crippen molar-refractivity contribution >= 4 is 66.0 Å². The van der Waals surface area contributed by atoms with Crippen LogP contribution >= 0.6 is 0 Å². The molecule has 0 nitrogen and oxygen atoms in total. The fourth-order valence-corrected chi connectivity index (χ4v) is 40.6. The molecule has 0 aromatic heterocycles. The molecule has 0 bridgehead atoms. The van der Waals surface area contributed by atoms with E-state index >= 15 is 0 Å². The molecule has 0 amide bonds. The molecule has 4 aliphatic carbocycles. The Kier molecular flexibility index (Phi) is 11.5. The van der Waals surface area contributed by atoms with Gasteiger partial charge in [0.2, 0.25) is 0 Å². The molecule has 0 saturated carbocycles. The van der Waals surface area contributed by atoms with E-state index < -0.39 is 55.5 Å². The van der Waals surface area contributed by atoms with Gasteiger partial charge in [0.1, 0.15) is 0 Å². The van der Waals surface area contributed by atoms with Crippen LogP contribution in [-0.2, 0) is 20.3 Å². The normalized spacial score (nSPS) is 22.0. The number of hydrogen-bond donors (Lipinski definition) is 0. The molecule has 0 fully saturated rings. The van der Waals surface area contributed by atoms with E-state index in [-0.39, 0.29) is 24.8 Å². The van der Waals surface area contributed by atoms with Crippen molar-refractivity contribution in [1.29, 1.82) is 0 Å². The molecule has 8 rings (SSSR count). The Labute approximate surface area is 330 Å². The summed E-state index contributed by atoms with van der Waals surface area (Å²) in [6.45, 7) is 20.7. The molecule has 4 unspecified atom stereocenters. The van der Waals surface area contributed by atoms with Crippen LogP contribution in [0.1, 0.15) is 62.8 Å². The van der Waals surface area contributed by atoms with Crippen LogP contribution in [0.15, 0.2) is 107 Å². The van der Waals surface area contributed by atoms with Gasteiger partial charge in [-0.15, -0.1) is 0 Å².